The van der Waals surface area contributed by atoms with Crippen LogP contribution in [0.5, 0.6) is 0 Å². The Morgan fingerprint density at radius 3 is 2.62 bits per heavy atom. The molecule has 0 aliphatic rings. The highest BCUT2D eigenvalue weighted by Crippen LogP contribution is 2.34. The van der Waals surface area contributed by atoms with E-state index in [1.165, 1.54) is 0 Å². The Morgan fingerprint density at radius 2 is 2.05 bits per heavy atom. The van der Waals surface area contributed by atoms with Crippen LogP contribution in [0, 0.1) is 0 Å². The molecule has 5 heteroatoms. The molecule has 1 aromatic carbocycles. The van der Waals surface area contributed by atoms with Crippen molar-refractivity contribution in [1.82, 2.24) is 15.1 Å². The third-order valence-electron chi connectivity index (χ3n) is 3.56. The number of methoxy groups -OCH3 is 1. The van der Waals surface area contributed by atoms with E-state index in [4.69, 9.17) is 16.3 Å². The third-order valence-corrected chi connectivity index (χ3v) is 3.85. The van der Waals surface area contributed by atoms with Crippen LogP contribution in [0.15, 0.2) is 36.5 Å². The predicted octanol–water partition coefficient (Wildman–Crippen LogP) is 3.59. The quantitative estimate of drug-likeness (QED) is 0.849. The molecule has 1 N–H and O–H groups in total. The number of nitrogens with zero attached hydrogens (tertiary/aromatic N) is 2. The molecule has 0 radical (unpaired) electrons. The van der Waals surface area contributed by atoms with E-state index in [1.807, 2.05) is 29.9 Å². The summed E-state index contributed by atoms with van der Waals surface area (Å²) in [4.78, 5) is 0. The van der Waals surface area contributed by atoms with Gasteiger partial charge >= 0.3 is 0 Å². The van der Waals surface area contributed by atoms with Gasteiger partial charge < -0.3 is 10.1 Å². The number of aromatic nitrogens is 2. The van der Waals surface area contributed by atoms with Gasteiger partial charge in [0.2, 0.25) is 0 Å². The SMILES string of the molecule is CCCn1ncc(Cl)c1C(NC)C(OC)c1ccccc1. The van der Waals surface area contributed by atoms with Crippen LogP contribution in [-0.4, -0.2) is 23.9 Å². The van der Waals surface area contributed by atoms with Gasteiger partial charge in [0.1, 0.15) is 6.10 Å². The zero-order valence-corrected chi connectivity index (χ0v) is 13.5. The fraction of sp³-hybridized carbons (Fsp3) is 0.438. The molecule has 0 saturated carbocycles. The molecule has 1 heterocycles. The molecule has 0 aliphatic carbocycles. The van der Waals surface area contributed by atoms with E-state index in [-0.39, 0.29) is 12.1 Å². The Labute approximate surface area is 131 Å². The number of hydrogen-bond donors (Lipinski definition) is 1. The van der Waals surface area contributed by atoms with Crippen molar-refractivity contribution in [1.29, 1.82) is 0 Å². The molecule has 0 spiro atoms. The van der Waals surface area contributed by atoms with Crippen molar-refractivity contribution in [3.05, 3.63) is 52.8 Å². The first-order valence-electron chi connectivity index (χ1n) is 7.19. The van der Waals surface area contributed by atoms with Crippen LogP contribution in [0.3, 0.4) is 0 Å². The minimum atomic E-state index is -0.124. The molecule has 0 aliphatic heterocycles. The number of aryl methyl sites for hydroxylation is 1. The zero-order chi connectivity index (χ0) is 15.2. The average molecular weight is 308 g/mol. The van der Waals surface area contributed by atoms with Crippen molar-refractivity contribution < 1.29 is 4.74 Å². The molecule has 0 bridgehead atoms. The van der Waals surface area contributed by atoms with Crippen molar-refractivity contribution in [3.63, 3.8) is 0 Å². The van der Waals surface area contributed by atoms with Crippen molar-refractivity contribution >= 4 is 11.6 Å². The Morgan fingerprint density at radius 1 is 1.33 bits per heavy atom. The maximum absolute atomic E-state index is 6.36. The third kappa shape index (κ3) is 3.46. The minimum Gasteiger partial charge on any atom is -0.375 e. The van der Waals surface area contributed by atoms with Crippen LogP contribution in [0.4, 0.5) is 0 Å². The van der Waals surface area contributed by atoms with Crippen LogP contribution >= 0.6 is 11.6 Å². The lowest BCUT2D eigenvalue weighted by atomic mass is 9.99. The second kappa shape index (κ2) is 7.59. The number of nitrogens with one attached hydrogen (secondary N) is 1. The summed E-state index contributed by atoms with van der Waals surface area (Å²) in [7, 11) is 3.63. The van der Waals surface area contributed by atoms with E-state index in [0.29, 0.717) is 5.02 Å². The number of halogens is 1. The van der Waals surface area contributed by atoms with E-state index in [2.05, 4.69) is 29.5 Å². The molecule has 1 aromatic heterocycles. The Hall–Kier alpha value is -1.36. The Kier molecular flexibility index (Phi) is 5.79. The first-order chi connectivity index (χ1) is 10.2. The molecule has 0 saturated heterocycles. The summed E-state index contributed by atoms with van der Waals surface area (Å²) in [5.74, 6) is 0. The second-order valence-electron chi connectivity index (χ2n) is 4.93. The van der Waals surface area contributed by atoms with Crippen LogP contribution in [-0.2, 0) is 11.3 Å². The van der Waals surface area contributed by atoms with Crippen LogP contribution in [0.25, 0.3) is 0 Å². The summed E-state index contributed by atoms with van der Waals surface area (Å²) in [5.41, 5.74) is 2.08. The van der Waals surface area contributed by atoms with E-state index in [0.717, 1.165) is 24.2 Å². The molecule has 2 unspecified atom stereocenters. The fourth-order valence-electron chi connectivity index (χ4n) is 2.61. The molecule has 4 nitrogen and oxygen atoms in total. The second-order valence-corrected chi connectivity index (χ2v) is 5.34. The molecule has 0 fully saturated rings. The molecule has 2 aromatic rings. The lowest BCUT2D eigenvalue weighted by Crippen LogP contribution is -2.28. The monoisotopic (exact) mass is 307 g/mol. The van der Waals surface area contributed by atoms with Gasteiger partial charge in [-0.25, -0.2) is 0 Å². The highest BCUT2D eigenvalue weighted by atomic mass is 35.5. The molecule has 2 rings (SSSR count). The number of benzene rings is 1. The van der Waals surface area contributed by atoms with Crippen molar-refractivity contribution in [2.45, 2.75) is 32.0 Å². The standard InChI is InChI=1S/C16H22ClN3O/c1-4-10-20-15(13(17)11-19-20)14(18-2)16(21-3)12-8-6-5-7-9-12/h5-9,11,14,16,18H,4,10H2,1-3H3. The zero-order valence-electron chi connectivity index (χ0n) is 12.7. The first-order valence-corrected chi connectivity index (χ1v) is 7.56. The van der Waals surface area contributed by atoms with E-state index in [1.54, 1.807) is 13.3 Å². The largest absolute Gasteiger partial charge is 0.375 e. The molecule has 21 heavy (non-hydrogen) atoms. The van der Waals surface area contributed by atoms with E-state index < -0.39 is 0 Å². The predicted molar refractivity (Wildman–Crippen MR) is 85.5 cm³/mol. The highest BCUT2D eigenvalue weighted by molar-refractivity contribution is 6.31. The summed E-state index contributed by atoms with van der Waals surface area (Å²) in [6.07, 6.45) is 2.58. The molecule has 0 amide bonds. The maximum atomic E-state index is 6.36. The average Bonchev–Trinajstić information content (AvgIpc) is 2.87. The van der Waals surface area contributed by atoms with Crippen LogP contribution in [0.2, 0.25) is 5.02 Å². The van der Waals surface area contributed by atoms with Crippen molar-refractivity contribution in [2.24, 2.45) is 0 Å². The fourth-order valence-corrected chi connectivity index (χ4v) is 2.87. The van der Waals surface area contributed by atoms with Gasteiger partial charge in [-0.1, -0.05) is 48.9 Å². The van der Waals surface area contributed by atoms with Gasteiger partial charge in [0.05, 0.1) is 23.0 Å². The lowest BCUT2D eigenvalue weighted by molar-refractivity contribution is 0.0672. The smallest absolute Gasteiger partial charge is 0.103 e. The number of rotatable bonds is 7. The van der Waals surface area contributed by atoms with E-state index in [9.17, 15) is 0 Å². The highest BCUT2D eigenvalue weighted by Gasteiger charge is 2.28. The van der Waals surface area contributed by atoms with Crippen LogP contribution < -0.4 is 5.32 Å². The molecular weight excluding hydrogens is 286 g/mol. The lowest BCUT2D eigenvalue weighted by Gasteiger charge is -2.27. The van der Waals surface area contributed by atoms with Gasteiger partial charge in [-0.15, -0.1) is 0 Å². The van der Waals surface area contributed by atoms with Gasteiger partial charge in [-0.2, -0.15) is 5.10 Å². The van der Waals surface area contributed by atoms with Gasteiger partial charge in [0.25, 0.3) is 0 Å². The van der Waals surface area contributed by atoms with Gasteiger partial charge in [0, 0.05) is 13.7 Å². The maximum Gasteiger partial charge on any atom is 0.103 e. The Balaban J connectivity index is 2.40. The van der Waals surface area contributed by atoms with Crippen molar-refractivity contribution in [2.75, 3.05) is 14.2 Å². The number of likely N-dealkylation sites (N-methyl/N-ethyl adjacent to an activating group) is 1. The van der Waals surface area contributed by atoms with Crippen molar-refractivity contribution in [3.8, 4) is 0 Å². The van der Waals surface area contributed by atoms with Gasteiger partial charge in [0.15, 0.2) is 0 Å². The Bertz CT molecular complexity index is 556. The molecular formula is C16H22ClN3O. The molecule has 114 valence electrons. The summed E-state index contributed by atoms with van der Waals surface area (Å²) in [5, 5.41) is 8.36. The summed E-state index contributed by atoms with van der Waals surface area (Å²) in [6, 6.07) is 10.1. The summed E-state index contributed by atoms with van der Waals surface area (Å²) in [6.45, 7) is 2.96. The number of ether oxygens (including phenoxy) is 1. The van der Waals surface area contributed by atoms with E-state index >= 15 is 0 Å². The summed E-state index contributed by atoms with van der Waals surface area (Å²) >= 11 is 6.36. The number of hydrogen-bond acceptors (Lipinski definition) is 3. The topological polar surface area (TPSA) is 39.1 Å². The van der Waals surface area contributed by atoms with Crippen LogP contribution in [0.1, 0.15) is 36.7 Å². The summed E-state index contributed by atoms with van der Waals surface area (Å²) < 4.78 is 7.70. The normalized spacial score (nSPS) is 14.1. The molecule has 2 atom stereocenters. The van der Waals surface area contributed by atoms with Gasteiger partial charge in [-0.05, 0) is 19.0 Å². The van der Waals surface area contributed by atoms with Gasteiger partial charge in [-0.3, -0.25) is 4.68 Å². The first kappa shape index (κ1) is 16.0. The minimum absolute atomic E-state index is 0.0565.